The molecule has 3 aromatic heterocycles. The largest absolute Gasteiger partial charge is 0.369 e. The average Bonchev–Trinajstić information content (AvgIpc) is 2.98. The lowest BCUT2D eigenvalue weighted by atomic mass is 10.1. The summed E-state index contributed by atoms with van der Waals surface area (Å²) < 4.78 is 0. The lowest BCUT2D eigenvalue weighted by Gasteiger charge is -2.30. The molecule has 6 heteroatoms. The maximum Gasteiger partial charge on any atom is 0.154 e. The van der Waals surface area contributed by atoms with E-state index in [1.54, 1.807) is 0 Å². The monoisotopic (exact) mass is 501 g/mol. The molecule has 0 fully saturated rings. The number of nitrogens with zero attached hydrogens (tertiary/aromatic N) is 5. The molecule has 5 aromatic rings. The van der Waals surface area contributed by atoms with E-state index in [0.717, 1.165) is 34.0 Å². The van der Waals surface area contributed by atoms with Gasteiger partial charge in [-0.3, -0.25) is 14.9 Å². The van der Waals surface area contributed by atoms with E-state index in [1.165, 1.54) is 0 Å². The quantitative estimate of drug-likeness (QED) is 0.232. The van der Waals surface area contributed by atoms with Crippen molar-refractivity contribution in [3.63, 3.8) is 0 Å². The zero-order valence-electron chi connectivity index (χ0n) is 21.2. The molecular weight excluding hydrogens is 470 g/mol. The van der Waals surface area contributed by atoms with Gasteiger partial charge in [0.2, 0.25) is 0 Å². The van der Waals surface area contributed by atoms with Crippen LogP contribution in [0.2, 0.25) is 0 Å². The van der Waals surface area contributed by atoms with Crippen molar-refractivity contribution in [1.29, 1.82) is 0 Å². The number of aliphatic hydroxyl groups is 1. The maximum absolute atomic E-state index is 11.4. The van der Waals surface area contributed by atoms with Crippen molar-refractivity contribution < 1.29 is 5.11 Å². The van der Waals surface area contributed by atoms with E-state index in [0.29, 0.717) is 26.2 Å². The van der Waals surface area contributed by atoms with Crippen LogP contribution in [0.15, 0.2) is 128 Å². The van der Waals surface area contributed by atoms with Crippen molar-refractivity contribution in [1.82, 2.24) is 19.9 Å². The molecule has 0 radical (unpaired) electrons. The van der Waals surface area contributed by atoms with Crippen molar-refractivity contribution in [2.45, 2.75) is 32.4 Å². The Morgan fingerprint density at radius 1 is 0.553 bits per heavy atom. The van der Waals surface area contributed by atoms with Crippen LogP contribution in [0.4, 0.5) is 5.82 Å². The number of benzene rings is 2. The van der Waals surface area contributed by atoms with E-state index >= 15 is 0 Å². The molecule has 3 heterocycles. The minimum atomic E-state index is -0.836. The third-order valence-electron chi connectivity index (χ3n) is 6.28. The molecule has 0 bridgehead atoms. The molecule has 1 atom stereocenters. The Kier molecular flexibility index (Phi) is 8.46. The van der Waals surface area contributed by atoms with Crippen LogP contribution in [0.5, 0.6) is 0 Å². The van der Waals surface area contributed by atoms with Crippen LogP contribution in [0.25, 0.3) is 0 Å². The smallest absolute Gasteiger partial charge is 0.154 e. The predicted molar refractivity (Wildman–Crippen MR) is 150 cm³/mol. The Balaban J connectivity index is 1.42. The first-order chi connectivity index (χ1) is 18.7. The fourth-order valence-electron chi connectivity index (χ4n) is 4.43. The molecule has 0 aliphatic rings. The van der Waals surface area contributed by atoms with Crippen molar-refractivity contribution in [3.8, 4) is 0 Å². The van der Waals surface area contributed by atoms with Gasteiger partial charge in [0, 0.05) is 44.1 Å². The van der Waals surface area contributed by atoms with Gasteiger partial charge in [-0.2, -0.15) is 0 Å². The lowest BCUT2D eigenvalue weighted by Crippen LogP contribution is -2.29. The summed E-state index contributed by atoms with van der Waals surface area (Å²) in [6.07, 6.45) is 2.80. The minimum absolute atomic E-state index is 0.527. The number of rotatable bonds is 11. The number of aliphatic hydroxyl groups excluding tert-OH is 1. The fraction of sp³-hybridized carbons (Fsp3) is 0.156. The zero-order valence-corrected chi connectivity index (χ0v) is 21.2. The van der Waals surface area contributed by atoms with E-state index in [4.69, 9.17) is 4.98 Å². The number of hydrogen-bond donors (Lipinski definition) is 1. The van der Waals surface area contributed by atoms with Crippen LogP contribution in [-0.2, 0) is 26.2 Å². The molecule has 0 saturated heterocycles. The molecule has 2 aromatic carbocycles. The van der Waals surface area contributed by atoms with Crippen LogP contribution in [0.1, 0.15) is 34.4 Å². The molecule has 1 unspecified atom stereocenters. The van der Waals surface area contributed by atoms with Gasteiger partial charge in [-0.05, 0) is 42.0 Å². The van der Waals surface area contributed by atoms with Gasteiger partial charge < -0.3 is 10.0 Å². The third-order valence-corrected chi connectivity index (χ3v) is 6.28. The molecule has 0 spiro atoms. The highest BCUT2D eigenvalue weighted by molar-refractivity contribution is 5.43. The third kappa shape index (κ3) is 6.88. The van der Waals surface area contributed by atoms with Crippen LogP contribution in [0, 0.1) is 0 Å². The van der Waals surface area contributed by atoms with Gasteiger partial charge in [0.05, 0.1) is 17.1 Å². The molecule has 5 rings (SSSR count). The first kappa shape index (κ1) is 25.3. The standard InChI is InChI=1S/C32H31N5O/c38-32(27-14-5-2-6-15-27)37(22-26-12-3-1-4-13-26)31-19-11-18-30(35-31)25-36(23-28-16-7-9-20-33-28)24-29-17-8-10-21-34-29/h1-21,32,38H,22-25H2. The summed E-state index contributed by atoms with van der Waals surface area (Å²) in [5, 5.41) is 11.4. The summed E-state index contributed by atoms with van der Waals surface area (Å²) in [6, 6.07) is 37.8. The summed E-state index contributed by atoms with van der Waals surface area (Å²) in [4.78, 5) is 18.3. The molecular formula is C32H31N5O. The number of aromatic nitrogens is 3. The zero-order chi connectivity index (χ0) is 26.0. The first-order valence-corrected chi connectivity index (χ1v) is 12.8. The Morgan fingerprint density at radius 2 is 1.11 bits per heavy atom. The normalized spacial score (nSPS) is 11.8. The molecule has 6 nitrogen and oxygen atoms in total. The molecule has 0 aliphatic carbocycles. The van der Waals surface area contributed by atoms with E-state index in [9.17, 15) is 5.11 Å². The molecule has 190 valence electrons. The van der Waals surface area contributed by atoms with E-state index in [-0.39, 0.29) is 0 Å². The second-order valence-electron chi connectivity index (χ2n) is 9.17. The summed E-state index contributed by atoms with van der Waals surface area (Å²) in [6.45, 7) is 2.48. The van der Waals surface area contributed by atoms with Crippen molar-refractivity contribution in [2.75, 3.05) is 4.90 Å². The SMILES string of the molecule is OC(c1ccccc1)N(Cc1ccccc1)c1cccc(CN(Cc2ccccn2)Cc2ccccn2)n1. The number of anilines is 1. The number of hydrogen-bond acceptors (Lipinski definition) is 6. The van der Waals surface area contributed by atoms with Crippen LogP contribution < -0.4 is 4.90 Å². The molecule has 0 amide bonds. The summed E-state index contributed by atoms with van der Waals surface area (Å²) in [5.41, 5.74) is 4.81. The van der Waals surface area contributed by atoms with Gasteiger partial charge in [0.1, 0.15) is 5.82 Å². The van der Waals surface area contributed by atoms with Crippen molar-refractivity contribution >= 4 is 5.82 Å². The highest BCUT2D eigenvalue weighted by Crippen LogP contribution is 2.26. The average molecular weight is 502 g/mol. The van der Waals surface area contributed by atoms with E-state index in [1.807, 2.05) is 120 Å². The van der Waals surface area contributed by atoms with Gasteiger partial charge in [-0.25, -0.2) is 4.98 Å². The molecule has 0 saturated carbocycles. The summed E-state index contributed by atoms with van der Waals surface area (Å²) in [7, 11) is 0. The summed E-state index contributed by atoms with van der Waals surface area (Å²) in [5.74, 6) is 0.721. The molecule has 1 N–H and O–H groups in total. The Labute approximate surface area is 223 Å². The van der Waals surface area contributed by atoms with E-state index in [2.05, 4.69) is 27.0 Å². The highest BCUT2D eigenvalue weighted by Gasteiger charge is 2.21. The van der Waals surface area contributed by atoms with Gasteiger partial charge in [0.15, 0.2) is 6.23 Å². The second-order valence-corrected chi connectivity index (χ2v) is 9.17. The summed E-state index contributed by atoms with van der Waals surface area (Å²) >= 11 is 0. The predicted octanol–water partition coefficient (Wildman–Crippen LogP) is 5.77. The van der Waals surface area contributed by atoms with Crippen molar-refractivity contribution in [3.05, 3.63) is 156 Å². The highest BCUT2D eigenvalue weighted by atomic mass is 16.3. The van der Waals surface area contributed by atoms with Crippen molar-refractivity contribution in [2.24, 2.45) is 0 Å². The first-order valence-electron chi connectivity index (χ1n) is 12.8. The molecule has 0 aliphatic heterocycles. The molecule has 38 heavy (non-hydrogen) atoms. The second kappa shape index (κ2) is 12.7. The van der Waals surface area contributed by atoms with E-state index < -0.39 is 6.23 Å². The fourth-order valence-corrected chi connectivity index (χ4v) is 4.43. The van der Waals surface area contributed by atoms with Gasteiger partial charge in [-0.1, -0.05) is 78.9 Å². The lowest BCUT2D eigenvalue weighted by molar-refractivity contribution is 0.168. The van der Waals surface area contributed by atoms with Gasteiger partial charge >= 0.3 is 0 Å². The Bertz CT molecular complexity index is 1340. The van der Waals surface area contributed by atoms with Gasteiger partial charge in [-0.15, -0.1) is 0 Å². The minimum Gasteiger partial charge on any atom is -0.369 e. The van der Waals surface area contributed by atoms with Crippen LogP contribution in [0.3, 0.4) is 0 Å². The number of pyridine rings is 3. The van der Waals surface area contributed by atoms with Crippen LogP contribution in [-0.4, -0.2) is 25.0 Å². The topological polar surface area (TPSA) is 65.4 Å². The van der Waals surface area contributed by atoms with Crippen LogP contribution >= 0.6 is 0 Å². The maximum atomic E-state index is 11.4. The Morgan fingerprint density at radius 3 is 1.71 bits per heavy atom. The van der Waals surface area contributed by atoms with Gasteiger partial charge in [0.25, 0.3) is 0 Å². The Hall–Kier alpha value is -4.39.